The molecule has 0 radical (unpaired) electrons. The number of nitrogens with one attached hydrogen (secondary N) is 3. The van der Waals surface area contributed by atoms with E-state index in [1.807, 2.05) is 11.0 Å². The number of carbonyl (C=O) groups is 4. The number of rotatable bonds is 11. The molecule has 4 aliphatic rings. The van der Waals surface area contributed by atoms with Gasteiger partial charge >= 0.3 is 6.18 Å². The van der Waals surface area contributed by atoms with Gasteiger partial charge in [0.05, 0.1) is 35.5 Å². The zero-order valence-corrected chi connectivity index (χ0v) is 33.5. The second-order valence-electron chi connectivity index (χ2n) is 16.3. The van der Waals surface area contributed by atoms with E-state index in [1.165, 1.54) is 6.07 Å². The van der Waals surface area contributed by atoms with Crippen LogP contribution in [-0.2, 0) is 30.1 Å². The van der Waals surface area contributed by atoms with E-state index in [4.69, 9.17) is 17.0 Å². The van der Waals surface area contributed by atoms with Gasteiger partial charge in [0.25, 0.3) is 5.91 Å². The van der Waals surface area contributed by atoms with Crippen LogP contribution in [0.4, 0.5) is 30.2 Å². The largest absolute Gasteiger partial charge is 0.417 e. The van der Waals surface area contributed by atoms with Gasteiger partial charge in [-0.15, -0.1) is 0 Å². The summed E-state index contributed by atoms with van der Waals surface area (Å²) in [6, 6.07) is 11.8. The lowest BCUT2D eigenvalue weighted by atomic mass is 9.85. The van der Waals surface area contributed by atoms with Crippen LogP contribution in [0.3, 0.4) is 0 Å². The number of alkyl halides is 3. The van der Waals surface area contributed by atoms with Crippen LogP contribution in [0.5, 0.6) is 0 Å². The molecule has 3 atom stereocenters. The number of carbonyl (C=O) groups excluding carboxylic acids is 4. The fourth-order valence-corrected chi connectivity index (χ4v) is 9.49. The Morgan fingerprint density at radius 3 is 2.35 bits per heavy atom. The number of amides is 4. The average Bonchev–Trinajstić information content (AvgIpc) is 3.32. The van der Waals surface area contributed by atoms with Crippen molar-refractivity contribution in [3.05, 3.63) is 53.6 Å². The molecule has 4 fully saturated rings. The van der Waals surface area contributed by atoms with Crippen molar-refractivity contribution in [2.45, 2.75) is 127 Å². The molecule has 4 amide bonds. The zero-order valence-electron chi connectivity index (χ0n) is 32.7. The third-order valence-electron chi connectivity index (χ3n) is 11.8. The molecule has 1 saturated carbocycles. The number of ether oxygens (including phenoxy) is 1. The van der Waals surface area contributed by atoms with Crippen molar-refractivity contribution in [3.63, 3.8) is 0 Å². The van der Waals surface area contributed by atoms with Crippen molar-refractivity contribution in [3.8, 4) is 6.07 Å². The number of piperidine rings is 2. The first-order chi connectivity index (χ1) is 27.0. The Bertz CT molecular complexity index is 1920. The lowest BCUT2D eigenvalue weighted by Crippen LogP contribution is -2.51. The molecule has 306 valence electrons. The van der Waals surface area contributed by atoms with Crippen molar-refractivity contribution in [2.75, 3.05) is 28.7 Å². The maximum Gasteiger partial charge on any atom is 0.417 e. The highest BCUT2D eigenvalue weighted by atomic mass is 32.1. The summed E-state index contributed by atoms with van der Waals surface area (Å²) in [6.45, 7) is 8.64. The van der Waals surface area contributed by atoms with E-state index in [0.717, 1.165) is 49.1 Å². The van der Waals surface area contributed by atoms with Crippen molar-refractivity contribution in [1.29, 1.82) is 5.26 Å². The summed E-state index contributed by atoms with van der Waals surface area (Å²) >= 11 is 5.74. The molecule has 1 aliphatic carbocycles. The van der Waals surface area contributed by atoms with E-state index in [1.54, 1.807) is 38.1 Å². The summed E-state index contributed by atoms with van der Waals surface area (Å²) < 4.78 is 47.6. The molecular formula is C41H50F3N7O5S. The molecule has 16 heteroatoms. The Hall–Kier alpha value is -4.59. The molecule has 6 rings (SSSR count). The second kappa shape index (κ2) is 17.1. The quantitative estimate of drug-likeness (QED) is 0.173. The number of halogens is 3. The second-order valence-corrected chi connectivity index (χ2v) is 16.6. The number of imide groups is 1. The number of nitrogens with zero attached hydrogens (tertiary/aromatic N) is 4. The van der Waals surface area contributed by atoms with Gasteiger partial charge < -0.3 is 20.3 Å². The Kier molecular flexibility index (Phi) is 12.6. The van der Waals surface area contributed by atoms with Crippen molar-refractivity contribution in [1.82, 2.24) is 15.1 Å². The fraction of sp³-hybridized carbons (Fsp3) is 0.561. The number of anilines is 3. The topological polar surface area (TPSA) is 147 Å². The molecule has 57 heavy (non-hydrogen) atoms. The van der Waals surface area contributed by atoms with Crippen molar-refractivity contribution >= 4 is 58.0 Å². The van der Waals surface area contributed by atoms with Crippen LogP contribution < -0.4 is 20.9 Å². The Morgan fingerprint density at radius 1 is 1.02 bits per heavy atom. The molecule has 2 aromatic carbocycles. The van der Waals surface area contributed by atoms with Gasteiger partial charge in [-0.05, 0) is 134 Å². The van der Waals surface area contributed by atoms with Crippen LogP contribution in [0.2, 0.25) is 0 Å². The van der Waals surface area contributed by atoms with Gasteiger partial charge in [-0.3, -0.25) is 34.3 Å². The van der Waals surface area contributed by atoms with Gasteiger partial charge in [0, 0.05) is 42.5 Å². The first kappa shape index (κ1) is 42.0. The maximum absolute atomic E-state index is 13.7. The molecule has 3 heterocycles. The normalized spacial score (nSPS) is 26.9. The Labute approximate surface area is 336 Å². The fourth-order valence-electron chi connectivity index (χ4n) is 8.92. The number of nitriles is 1. The minimum absolute atomic E-state index is 0.00878. The van der Waals surface area contributed by atoms with Crippen LogP contribution in [0.15, 0.2) is 42.5 Å². The third-order valence-corrected chi connectivity index (χ3v) is 12.2. The molecule has 0 aromatic heterocycles. The minimum atomic E-state index is -4.76. The van der Waals surface area contributed by atoms with E-state index in [9.17, 15) is 37.6 Å². The molecular weight excluding hydrogens is 760 g/mol. The molecule has 3 N–H and O–H groups in total. The van der Waals surface area contributed by atoms with Gasteiger partial charge in [0.2, 0.25) is 17.7 Å². The van der Waals surface area contributed by atoms with Crippen LogP contribution >= 0.6 is 12.2 Å². The SMILES string of the molecule is CC1CC(CCOC2CCC(N3C(=S)N(c4ccc(C#N)c(C(F)(F)F)c4)C(=O)C3(C)C)CC2)CC(C)N1CC(=O)Nc1cccc(NC2CCC(=O)NC2=O)c1. The number of benzene rings is 2. The van der Waals surface area contributed by atoms with Crippen LogP contribution in [0.25, 0.3) is 0 Å². The predicted octanol–water partition coefficient (Wildman–Crippen LogP) is 6.35. The van der Waals surface area contributed by atoms with Gasteiger partial charge in [0.15, 0.2) is 5.11 Å². The van der Waals surface area contributed by atoms with Gasteiger partial charge in [-0.2, -0.15) is 18.4 Å². The summed E-state index contributed by atoms with van der Waals surface area (Å²) in [7, 11) is 0. The first-order valence-electron chi connectivity index (χ1n) is 19.6. The van der Waals surface area contributed by atoms with Crippen molar-refractivity contribution in [2.24, 2.45) is 5.92 Å². The molecule has 3 aliphatic heterocycles. The molecule has 3 unspecified atom stereocenters. The lowest BCUT2D eigenvalue weighted by Gasteiger charge is -2.42. The van der Waals surface area contributed by atoms with E-state index in [0.29, 0.717) is 43.2 Å². The van der Waals surface area contributed by atoms with Crippen LogP contribution in [-0.4, -0.2) is 87.5 Å². The summed E-state index contributed by atoms with van der Waals surface area (Å²) in [5.74, 6) is -0.723. The number of likely N-dealkylation sites (tertiary alicyclic amines) is 1. The highest BCUT2D eigenvalue weighted by Gasteiger charge is 2.52. The van der Waals surface area contributed by atoms with E-state index < -0.39 is 34.8 Å². The Balaban J connectivity index is 0.943. The molecule has 2 aromatic rings. The molecule has 0 bridgehead atoms. The highest BCUT2D eigenvalue weighted by molar-refractivity contribution is 7.80. The predicted molar refractivity (Wildman–Crippen MR) is 212 cm³/mol. The van der Waals surface area contributed by atoms with Crippen LogP contribution in [0, 0.1) is 17.2 Å². The number of hydrogen-bond donors (Lipinski definition) is 3. The first-order valence-corrected chi connectivity index (χ1v) is 20.0. The van der Waals surface area contributed by atoms with E-state index >= 15 is 0 Å². The van der Waals surface area contributed by atoms with E-state index in [2.05, 4.69) is 34.7 Å². The smallest absolute Gasteiger partial charge is 0.378 e. The molecule has 3 saturated heterocycles. The number of hydrogen-bond acceptors (Lipinski definition) is 9. The maximum atomic E-state index is 13.7. The van der Waals surface area contributed by atoms with Crippen molar-refractivity contribution < 1.29 is 37.1 Å². The summed E-state index contributed by atoms with van der Waals surface area (Å²) in [4.78, 5) is 55.7. The monoisotopic (exact) mass is 809 g/mol. The lowest BCUT2D eigenvalue weighted by molar-refractivity contribution is -0.138. The molecule has 0 spiro atoms. The van der Waals surface area contributed by atoms with Gasteiger partial charge in [0.1, 0.15) is 11.6 Å². The van der Waals surface area contributed by atoms with Crippen LogP contribution in [0.1, 0.15) is 96.6 Å². The number of thiocarbonyl (C=S) groups is 1. The highest BCUT2D eigenvalue weighted by Crippen LogP contribution is 2.41. The van der Waals surface area contributed by atoms with Gasteiger partial charge in [-0.1, -0.05) is 6.07 Å². The molecule has 12 nitrogen and oxygen atoms in total. The third kappa shape index (κ3) is 9.42. The Morgan fingerprint density at radius 2 is 1.70 bits per heavy atom. The minimum Gasteiger partial charge on any atom is -0.378 e. The average molecular weight is 810 g/mol. The standard InChI is InChI=1S/C41H50F3N7O5S/c1-24-18-26(19-25(2)49(24)23-36(53)47-29-7-5-6-28(20-29)46-34-14-15-35(52)48-37(34)54)16-17-56-32-12-10-30(11-13-32)51-39(57)50(38(55)40(51,3)4)31-9-8-27(22-45)33(21-31)41(42,43)44/h5-9,20-21,24-26,30,32,34,46H,10-19,23H2,1-4H3,(H,47,53)(H,48,52,54). The summed E-state index contributed by atoms with van der Waals surface area (Å²) in [5.41, 5.74) is -1.40. The summed E-state index contributed by atoms with van der Waals surface area (Å²) in [5, 5.41) is 17.9. The zero-order chi connectivity index (χ0) is 41.2. The van der Waals surface area contributed by atoms with E-state index in [-0.39, 0.29) is 65.7 Å². The summed E-state index contributed by atoms with van der Waals surface area (Å²) in [6.07, 6.45) is 1.70. The van der Waals surface area contributed by atoms with Gasteiger partial charge in [-0.25, -0.2) is 0 Å².